The van der Waals surface area contributed by atoms with Crippen molar-refractivity contribution in [3.8, 4) is 5.75 Å². The Balaban J connectivity index is 2.15. The van der Waals surface area contributed by atoms with Crippen LogP contribution < -0.4 is 10.5 Å². The highest BCUT2D eigenvalue weighted by Crippen LogP contribution is 2.28. The zero-order valence-corrected chi connectivity index (χ0v) is 12.5. The molecule has 0 radical (unpaired) electrons. The van der Waals surface area contributed by atoms with Crippen molar-refractivity contribution in [2.45, 2.75) is 33.2 Å². The molecule has 2 aromatic rings. The van der Waals surface area contributed by atoms with Crippen molar-refractivity contribution in [1.82, 2.24) is 4.98 Å². The number of aryl methyl sites for hydroxylation is 2. The fourth-order valence-electron chi connectivity index (χ4n) is 1.98. The first-order valence-electron chi connectivity index (χ1n) is 6.54. The van der Waals surface area contributed by atoms with Gasteiger partial charge in [-0.1, -0.05) is 19.1 Å². The Bertz CT molecular complexity index is 534. The number of ether oxygens (including phenoxy) is 1. The van der Waals surface area contributed by atoms with Gasteiger partial charge in [-0.2, -0.15) is 0 Å². The summed E-state index contributed by atoms with van der Waals surface area (Å²) in [5.74, 6) is 0.898. The molecular weight excluding hydrogens is 256 g/mol. The predicted molar refractivity (Wildman–Crippen MR) is 79.8 cm³/mol. The summed E-state index contributed by atoms with van der Waals surface area (Å²) in [6.45, 7) is 6.87. The van der Waals surface area contributed by atoms with Crippen molar-refractivity contribution in [2.75, 3.05) is 6.61 Å². The van der Waals surface area contributed by atoms with Crippen molar-refractivity contribution < 1.29 is 4.74 Å². The standard InChI is InChI=1S/C15H20N2OS/c1-4-9-18-13-7-5-12(6-8-13)14(16)15-10(2)17-11(3)19-15/h5-8,14H,4,9,16H2,1-3H3. The normalized spacial score (nSPS) is 12.4. The summed E-state index contributed by atoms with van der Waals surface area (Å²) in [7, 11) is 0. The van der Waals surface area contributed by atoms with Gasteiger partial charge < -0.3 is 10.5 Å². The molecule has 19 heavy (non-hydrogen) atoms. The van der Waals surface area contributed by atoms with Crippen molar-refractivity contribution in [1.29, 1.82) is 0 Å². The summed E-state index contributed by atoms with van der Waals surface area (Å²) in [5, 5.41) is 1.06. The van der Waals surface area contributed by atoms with E-state index in [1.165, 1.54) is 0 Å². The van der Waals surface area contributed by atoms with E-state index in [1.807, 2.05) is 38.1 Å². The molecule has 1 unspecified atom stereocenters. The number of hydrogen-bond donors (Lipinski definition) is 1. The van der Waals surface area contributed by atoms with Gasteiger partial charge >= 0.3 is 0 Å². The van der Waals surface area contributed by atoms with E-state index < -0.39 is 0 Å². The number of thiazole rings is 1. The van der Waals surface area contributed by atoms with Crippen LogP contribution in [0.3, 0.4) is 0 Å². The van der Waals surface area contributed by atoms with Gasteiger partial charge in [0.05, 0.1) is 23.4 Å². The first kappa shape index (κ1) is 14.0. The molecule has 0 fully saturated rings. The van der Waals surface area contributed by atoms with Crippen molar-refractivity contribution >= 4 is 11.3 Å². The van der Waals surface area contributed by atoms with Crippen LogP contribution in [0.25, 0.3) is 0 Å². The van der Waals surface area contributed by atoms with Crippen LogP contribution in [-0.4, -0.2) is 11.6 Å². The lowest BCUT2D eigenvalue weighted by atomic mass is 10.1. The third-order valence-electron chi connectivity index (χ3n) is 2.93. The fraction of sp³-hybridized carbons (Fsp3) is 0.400. The second-order valence-corrected chi connectivity index (χ2v) is 5.81. The van der Waals surface area contributed by atoms with Gasteiger partial charge in [0.15, 0.2) is 0 Å². The van der Waals surface area contributed by atoms with E-state index in [2.05, 4.69) is 11.9 Å². The number of nitrogens with two attached hydrogens (primary N) is 1. The van der Waals surface area contributed by atoms with E-state index in [1.54, 1.807) is 11.3 Å². The van der Waals surface area contributed by atoms with E-state index in [0.29, 0.717) is 0 Å². The molecule has 0 aliphatic heterocycles. The molecule has 1 aromatic carbocycles. The Morgan fingerprint density at radius 1 is 1.26 bits per heavy atom. The molecule has 3 nitrogen and oxygen atoms in total. The summed E-state index contributed by atoms with van der Waals surface area (Å²) < 4.78 is 5.57. The number of nitrogens with zero attached hydrogens (tertiary/aromatic N) is 1. The zero-order chi connectivity index (χ0) is 13.8. The van der Waals surface area contributed by atoms with Crippen molar-refractivity contribution in [3.05, 3.63) is 45.4 Å². The van der Waals surface area contributed by atoms with Crippen LogP contribution in [0.2, 0.25) is 0 Å². The molecule has 4 heteroatoms. The van der Waals surface area contributed by atoms with Gasteiger partial charge in [0.1, 0.15) is 5.75 Å². The SMILES string of the molecule is CCCOc1ccc(C(N)c2sc(C)nc2C)cc1. The van der Waals surface area contributed by atoms with Gasteiger partial charge in [-0.25, -0.2) is 4.98 Å². The van der Waals surface area contributed by atoms with E-state index in [0.717, 1.165) is 39.9 Å². The summed E-state index contributed by atoms with van der Waals surface area (Å²) in [6.07, 6.45) is 1.01. The van der Waals surface area contributed by atoms with Crippen molar-refractivity contribution in [3.63, 3.8) is 0 Å². The largest absolute Gasteiger partial charge is 0.494 e. The van der Waals surface area contributed by atoms with Crippen LogP contribution in [-0.2, 0) is 0 Å². The quantitative estimate of drug-likeness (QED) is 0.907. The van der Waals surface area contributed by atoms with Gasteiger partial charge in [-0.05, 0) is 38.0 Å². The van der Waals surface area contributed by atoms with Crippen molar-refractivity contribution in [2.24, 2.45) is 5.73 Å². The summed E-state index contributed by atoms with van der Waals surface area (Å²) in [5.41, 5.74) is 8.43. The van der Waals surface area contributed by atoms with E-state index >= 15 is 0 Å². The molecule has 2 rings (SSSR count). The molecule has 0 saturated heterocycles. The molecule has 0 saturated carbocycles. The van der Waals surface area contributed by atoms with Crippen LogP contribution in [0, 0.1) is 13.8 Å². The maximum Gasteiger partial charge on any atom is 0.119 e. The second kappa shape index (κ2) is 6.17. The second-order valence-electron chi connectivity index (χ2n) is 4.58. The van der Waals surface area contributed by atoms with Gasteiger partial charge in [-0.3, -0.25) is 0 Å². The first-order valence-corrected chi connectivity index (χ1v) is 7.35. The molecule has 1 atom stereocenters. The average molecular weight is 276 g/mol. The fourth-order valence-corrected chi connectivity index (χ4v) is 2.94. The zero-order valence-electron chi connectivity index (χ0n) is 11.6. The molecule has 2 N–H and O–H groups in total. The van der Waals surface area contributed by atoms with Gasteiger partial charge in [0.2, 0.25) is 0 Å². The molecule has 102 valence electrons. The van der Waals surface area contributed by atoms with Crippen LogP contribution in [0.5, 0.6) is 5.75 Å². The minimum atomic E-state index is -0.105. The smallest absolute Gasteiger partial charge is 0.119 e. The maximum absolute atomic E-state index is 6.31. The monoisotopic (exact) mass is 276 g/mol. The van der Waals surface area contributed by atoms with Crippen LogP contribution in [0.15, 0.2) is 24.3 Å². The number of benzene rings is 1. The highest BCUT2D eigenvalue weighted by Gasteiger charge is 2.15. The highest BCUT2D eigenvalue weighted by molar-refractivity contribution is 7.11. The number of aromatic nitrogens is 1. The van der Waals surface area contributed by atoms with Crippen LogP contribution in [0.1, 0.15) is 40.5 Å². The molecular formula is C15H20N2OS. The Morgan fingerprint density at radius 3 is 2.47 bits per heavy atom. The Hall–Kier alpha value is -1.39. The number of rotatable bonds is 5. The third-order valence-corrected chi connectivity index (χ3v) is 4.09. The molecule has 1 aromatic heterocycles. The average Bonchev–Trinajstić information content (AvgIpc) is 2.75. The van der Waals surface area contributed by atoms with Gasteiger partial charge in [-0.15, -0.1) is 11.3 Å². The molecule has 0 amide bonds. The molecule has 0 aliphatic carbocycles. The lowest BCUT2D eigenvalue weighted by Gasteiger charge is -2.12. The lowest BCUT2D eigenvalue weighted by molar-refractivity contribution is 0.317. The van der Waals surface area contributed by atoms with Crippen LogP contribution >= 0.6 is 11.3 Å². The van der Waals surface area contributed by atoms with Gasteiger partial charge in [0.25, 0.3) is 0 Å². The highest BCUT2D eigenvalue weighted by atomic mass is 32.1. The maximum atomic E-state index is 6.31. The first-order chi connectivity index (χ1) is 9.11. The Kier molecular flexibility index (Phi) is 4.56. The number of hydrogen-bond acceptors (Lipinski definition) is 4. The predicted octanol–water partition coefficient (Wildman–Crippen LogP) is 3.60. The molecule has 0 aliphatic rings. The summed E-state index contributed by atoms with van der Waals surface area (Å²) in [4.78, 5) is 5.57. The third kappa shape index (κ3) is 3.33. The molecule has 1 heterocycles. The lowest BCUT2D eigenvalue weighted by Crippen LogP contribution is -2.11. The topological polar surface area (TPSA) is 48.1 Å². The van der Waals surface area contributed by atoms with E-state index in [-0.39, 0.29) is 6.04 Å². The minimum absolute atomic E-state index is 0.105. The Labute approximate surface area is 118 Å². The van der Waals surface area contributed by atoms with E-state index in [9.17, 15) is 0 Å². The van der Waals surface area contributed by atoms with Gasteiger partial charge in [0, 0.05) is 4.88 Å². The van der Waals surface area contributed by atoms with Crippen LogP contribution in [0.4, 0.5) is 0 Å². The minimum Gasteiger partial charge on any atom is -0.494 e. The van der Waals surface area contributed by atoms with E-state index in [4.69, 9.17) is 10.5 Å². The summed E-state index contributed by atoms with van der Waals surface area (Å²) >= 11 is 1.67. The molecule has 0 spiro atoms. The summed E-state index contributed by atoms with van der Waals surface area (Å²) in [6, 6.07) is 7.92. The Morgan fingerprint density at radius 2 is 1.95 bits per heavy atom. The molecule has 0 bridgehead atoms.